The van der Waals surface area contributed by atoms with E-state index in [-0.39, 0.29) is 35.2 Å². The molecule has 4 aliphatic carbocycles. The van der Waals surface area contributed by atoms with Crippen molar-refractivity contribution in [3.8, 4) is 0 Å². The monoisotopic (exact) mass is 436 g/mol. The van der Waals surface area contributed by atoms with E-state index in [1.165, 1.54) is 0 Å². The summed E-state index contributed by atoms with van der Waals surface area (Å²) >= 11 is 0. The lowest BCUT2D eigenvalue weighted by molar-refractivity contribution is -0.176. The first kappa shape index (κ1) is 23.0. The minimum Gasteiger partial charge on any atom is -0.481 e. The van der Waals surface area contributed by atoms with E-state index in [4.69, 9.17) is 0 Å². The van der Waals surface area contributed by atoms with Crippen LogP contribution in [-0.4, -0.2) is 44.6 Å². The van der Waals surface area contributed by atoms with Gasteiger partial charge in [-0.3, -0.25) is 9.59 Å². The highest BCUT2D eigenvalue weighted by Gasteiger charge is 2.63. The third-order valence-electron chi connectivity index (χ3n) is 10.7. The van der Waals surface area contributed by atoms with E-state index < -0.39 is 24.0 Å². The first-order chi connectivity index (χ1) is 14.5. The van der Waals surface area contributed by atoms with Crippen molar-refractivity contribution in [1.82, 2.24) is 0 Å². The maximum absolute atomic E-state index is 11.5. The number of rotatable bonds is 5. The van der Waals surface area contributed by atoms with Crippen LogP contribution in [-0.2, 0) is 9.59 Å². The largest absolute Gasteiger partial charge is 0.481 e. The average molecular weight is 437 g/mol. The first-order valence-corrected chi connectivity index (χ1v) is 12.3. The van der Waals surface area contributed by atoms with Crippen LogP contribution < -0.4 is 0 Å². The molecule has 0 amide bonds. The second kappa shape index (κ2) is 8.02. The van der Waals surface area contributed by atoms with Crippen LogP contribution in [0, 0.1) is 52.3 Å². The van der Waals surface area contributed by atoms with Gasteiger partial charge >= 0.3 is 11.9 Å². The molecule has 176 valence electrons. The van der Waals surface area contributed by atoms with Crippen LogP contribution in [0.2, 0.25) is 0 Å². The SMILES string of the molecule is C[C@H](CC(C(=O)O)C(=O)O)C1CCC2C3CC[C@@H]4C[C@H](O)CC[C@]4(C)C3C[C@H](O)[C@@]21C. The fraction of sp³-hybridized carbons (Fsp3) is 0.920. The van der Waals surface area contributed by atoms with Gasteiger partial charge in [0.15, 0.2) is 5.92 Å². The summed E-state index contributed by atoms with van der Waals surface area (Å²) in [5, 5.41) is 40.4. The summed E-state index contributed by atoms with van der Waals surface area (Å²) in [6.45, 7) is 6.58. The van der Waals surface area contributed by atoms with Crippen molar-refractivity contribution in [3.63, 3.8) is 0 Å². The molecule has 4 saturated carbocycles. The Morgan fingerprint density at radius 1 is 0.935 bits per heavy atom. The van der Waals surface area contributed by atoms with Gasteiger partial charge in [-0.15, -0.1) is 0 Å². The molecule has 6 heteroatoms. The predicted molar refractivity (Wildman–Crippen MR) is 115 cm³/mol. The van der Waals surface area contributed by atoms with Gasteiger partial charge in [-0.2, -0.15) is 0 Å². The highest BCUT2D eigenvalue weighted by atomic mass is 16.4. The molecule has 4 rings (SSSR count). The minimum absolute atomic E-state index is 0.0600. The van der Waals surface area contributed by atoms with E-state index >= 15 is 0 Å². The third-order valence-corrected chi connectivity index (χ3v) is 10.7. The van der Waals surface area contributed by atoms with Gasteiger partial charge in [-0.1, -0.05) is 20.8 Å². The predicted octanol–water partition coefficient (Wildman–Crippen LogP) is 3.79. The molecule has 4 fully saturated rings. The molecule has 6 nitrogen and oxygen atoms in total. The molecule has 0 aromatic carbocycles. The van der Waals surface area contributed by atoms with Crippen LogP contribution in [0.5, 0.6) is 0 Å². The summed E-state index contributed by atoms with van der Waals surface area (Å²) in [4.78, 5) is 22.9. The number of carboxylic acid groups (broad SMARTS) is 2. The van der Waals surface area contributed by atoms with Crippen LogP contribution in [0.25, 0.3) is 0 Å². The Hall–Kier alpha value is -1.14. The minimum atomic E-state index is -1.38. The van der Waals surface area contributed by atoms with E-state index in [0.717, 1.165) is 51.4 Å². The van der Waals surface area contributed by atoms with Gasteiger partial charge < -0.3 is 20.4 Å². The van der Waals surface area contributed by atoms with E-state index in [1.54, 1.807) is 0 Å². The van der Waals surface area contributed by atoms with Crippen LogP contribution in [0.4, 0.5) is 0 Å². The number of carboxylic acids is 2. The number of hydrogen-bond donors (Lipinski definition) is 4. The van der Waals surface area contributed by atoms with Crippen LogP contribution in [0.1, 0.15) is 78.6 Å². The molecule has 0 aromatic heterocycles. The Morgan fingerprint density at radius 3 is 2.26 bits per heavy atom. The highest BCUT2D eigenvalue weighted by Crippen LogP contribution is 2.68. The van der Waals surface area contributed by atoms with Crippen molar-refractivity contribution in [3.05, 3.63) is 0 Å². The maximum Gasteiger partial charge on any atom is 0.317 e. The zero-order chi connectivity index (χ0) is 22.7. The molecule has 10 atom stereocenters. The van der Waals surface area contributed by atoms with Crippen LogP contribution in [0.3, 0.4) is 0 Å². The molecule has 0 bridgehead atoms. The molecule has 4 unspecified atom stereocenters. The molecule has 0 spiro atoms. The topological polar surface area (TPSA) is 115 Å². The summed E-state index contributed by atoms with van der Waals surface area (Å²) in [5.74, 6) is -1.84. The van der Waals surface area contributed by atoms with E-state index in [0.29, 0.717) is 23.7 Å². The van der Waals surface area contributed by atoms with E-state index in [9.17, 15) is 30.0 Å². The van der Waals surface area contributed by atoms with E-state index in [2.05, 4.69) is 13.8 Å². The van der Waals surface area contributed by atoms with Gasteiger partial charge in [0, 0.05) is 0 Å². The Labute approximate surface area is 185 Å². The van der Waals surface area contributed by atoms with Crippen molar-refractivity contribution in [2.75, 3.05) is 0 Å². The van der Waals surface area contributed by atoms with Gasteiger partial charge in [0.25, 0.3) is 0 Å². The van der Waals surface area contributed by atoms with Crippen molar-refractivity contribution >= 4 is 11.9 Å². The zero-order valence-corrected chi connectivity index (χ0v) is 19.2. The van der Waals surface area contributed by atoms with Gasteiger partial charge in [-0.25, -0.2) is 0 Å². The fourth-order valence-corrected chi connectivity index (χ4v) is 9.00. The lowest BCUT2D eigenvalue weighted by atomic mass is 9.43. The normalized spacial score (nSPS) is 47.9. The van der Waals surface area contributed by atoms with Crippen molar-refractivity contribution < 1.29 is 30.0 Å². The second-order valence-electron chi connectivity index (χ2n) is 11.8. The molecular weight excluding hydrogens is 396 g/mol. The Bertz CT molecular complexity index is 709. The number of aliphatic hydroxyl groups excluding tert-OH is 2. The summed E-state index contributed by atoms with van der Waals surface area (Å²) in [5.41, 5.74) is -0.0919. The van der Waals surface area contributed by atoms with Crippen molar-refractivity contribution in [1.29, 1.82) is 0 Å². The van der Waals surface area contributed by atoms with Gasteiger partial charge in [0.2, 0.25) is 0 Å². The molecule has 4 N–H and O–H groups in total. The number of aliphatic hydroxyl groups is 2. The Kier molecular flexibility index (Phi) is 5.96. The zero-order valence-electron chi connectivity index (χ0n) is 19.2. The van der Waals surface area contributed by atoms with E-state index in [1.807, 2.05) is 6.92 Å². The van der Waals surface area contributed by atoms with Gasteiger partial charge in [0.05, 0.1) is 12.2 Å². The van der Waals surface area contributed by atoms with Crippen LogP contribution in [0.15, 0.2) is 0 Å². The van der Waals surface area contributed by atoms with Crippen LogP contribution >= 0.6 is 0 Å². The number of carbonyl (C=O) groups is 2. The van der Waals surface area contributed by atoms with Crippen molar-refractivity contribution in [2.24, 2.45) is 52.3 Å². The van der Waals surface area contributed by atoms with Gasteiger partial charge in [0.1, 0.15) is 0 Å². The number of fused-ring (bicyclic) bond motifs is 5. The molecular formula is C25H40O6. The standard InChI is InChI=1S/C25H40O6/c1-13(10-17(22(28)29)23(30)31)18-6-7-19-16-5-4-14-11-15(26)8-9-24(14,2)20(16)12-21(27)25(18,19)3/h13-21,26-27H,4-12H2,1-3H3,(H,28,29)(H,30,31)/t13-,14-,15-,16?,18?,19?,20?,21+,24+,25-/m1/s1. The fourth-order valence-electron chi connectivity index (χ4n) is 9.00. The summed E-state index contributed by atoms with van der Waals surface area (Å²) in [6.07, 6.45) is 7.35. The molecule has 0 aromatic rings. The highest BCUT2D eigenvalue weighted by molar-refractivity contribution is 5.92. The average Bonchev–Trinajstić information content (AvgIpc) is 3.06. The molecule has 0 saturated heterocycles. The second-order valence-corrected chi connectivity index (χ2v) is 11.8. The number of hydrogen-bond acceptors (Lipinski definition) is 4. The number of aliphatic carboxylic acids is 2. The van der Waals surface area contributed by atoms with Gasteiger partial charge in [-0.05, 0) is 104 Å². The van der Waals surface area contributed by atoms with Crippen molar-refractivity contribution in [2.45, 2.75) is 90.8 Å². The molecule has 4 aliphatic rings. The summed E-state index contributed by atoms with van der Waals surface area (Å²) in [7, 11) is 0. The lowest BCUT2D eigenvalue weighted by Gasteiger charge is -2.62. The smallest absolute Gasteiger partial charge is 0.317 e. The molecule has 0 radical (unpaired) electrons. The Morgan fingerprint density at radius 2 is 1.61 bits per heavy atom. The molecule has 31 heavy (non-hydrogen) atoms. The first-order valence-electron chi connectivity index (χ1n) is 12.3. The summed E-state index contributed by atoms with van der Waals surface area (Å²) < 4.78 is 0. The lowest BCUT2D eigenvalue weighted by Crippen LogP contribution is -2.58. The molecule has 0 heterocycles. The summed E-state index contributed by atoms with van der Waals surface area (Å²) in [6, 6.07) is 0. The maximum atomic E-state index is 11.5. The third kappa shape index (κ3) is 3.52. The Balaban J connectivity index is 1.56. The quantitative estimate of drug-likeness (QED) is 0.488. The molecule has 0 aliphatic heterocycles.